The third kappa shape index (κ3) is 3.91. The molecular weight excluding hydrogens is 269 g/mol. The summed E-state index contributed by atoms with van der Waals surface area (Å²) in [5, 5.41) is 19.2. The van der Waals surface area contributed by atoms with Gasteiger partial charge in [0.1, 0.15) is 5.69 Å². The molecular formula is C10H9F3N2O4. The fourth-order valence-electron chi connectivity index (χ4n) is 1.11. The van der Waals surface area contributed by atoms with Crippen LogP contribution in [0.1, 0.15) is 16.1 Å². The standard InChI is InChI=1S/C10H9F3N2O4/c11-10(12,13)5-1-2-6(14-3-5)8(17)15-7(4-16)9(18)19/h1-3,7,16H,4H2,(H,15,17)(H,18,19). The lowest BCUT2D eigenvalue weighted by Crippen LogP contribution is -2.43. The molecule has 1 heterocycles. The van der Waals surface area contributed by atoms with E-state index >= 15 is 0 Å². The van der Waals surface area contributed by atoms with Crippen molar-refractivity contribution in [1.29, 1.82) is 0 Å². The predicted octanol–water partition coefficient (Wildman–Crippen LogP) is 0.276. The van der Waals surface area contributed by atoms with Crippen LogP contribution in [0.4, 0.5) is 13.2 Å². The molecule has 0 aromatic carbocycles. The van der Waals surface area contributed by atoms with E-state index in [4.69, 9.17) is 10.2 Å². The molecule has 1 atom stereocenters. The zero-order valence-electron chi connectivity index (χ0n) is 9.31. The lowest BCUT2D eigenvalue weighted by molar-refractivity contribution is -0.140. The van der Waals surface area contributed by atoms with Crippen LogP contribution in [0.5, 0.6) is 0 Å². The van der Waals surface area contributed by atoms with Crippen LogP contribution in [0.2, 0.25) is 0 Å². The number of hydrogen-bond donors (Lipinski definition) is 3. The summed E-state index contributed by atoms with van der Waals surface area (Å²) < 4.78 is 36.7. The molecule has 1 rings (SSSR count). The van der Waals surface area contributed by atoms with Crippen LogP contribution in [-0.4, -0.2) is 39.7 Å². The first-order chi connectivity index (χ1) is 8.75. The molecule has 0 saturated carbocycles. The van der Waals surface area contributed by atoms with Crippen molar-refractivity contribution in [1.82, 2.24) is 10.3 Å². The van der Waals surface area contributed by atoms with Crippen molar-refractivity contribution < 1.29 is 33.0 Å². The first kappa shape index (κ1) is 14.9. The maximum absolute atomic E-state index is 12.2. The number of hydrogen-bond acceptors (Lipinski definition) is 4. The second kappa shape index (κ2) is 5.65. The first-order valence-electron chi connectivity index (χ1n) is 4.93. The summed E-state index contributed by atoms with van der Waals surface area (Å²) in [4.78, 5) is 25.3. The number of aliphatic carboxylic acids is 1. The Morgan fingerprint density at radius 2 is 2.00 bits per heavy atom. The summed E-state index contributed by atoms with van der Waals surface area (Å²) in [6, 6.07) is -0.0815. The number of pyridine rings is 1. The Morgan fingerprint density at radius 1 is 1.37 bits per heavy atom. The van der Waals surface area contributed by atoms with Gasteiger partial charge in [-0.25, -0.2) is 4.79 Å². The molecule has 0 aliphatic rings. The van der Waals surface area contributed by atoms with E-state index in [1.807, 2.05) is 5.32 Å². The number of rotatable bonds is 4. The SMILES string of the molecule is O=C(NC(CO)C(=O)O)c1ccc(C(F)(F)F)cn1. The Morgan fingerprint density at radius 3 is 2.37 bits per heavy atom. The minimum atomic E-state index is -4.57. The van der Waals surface area contributed by atoms with Crippen LogP contribution < -0.4 is 5.32 Å². The number of halogens is 3. The highest BCUT2D eigenvalue weighted by atomic mass is 19.4. The van der Waals surface area contributed by atoms with Gasteiger partial charge in [-0.05, 0) is 12.1 Å². The smallest absolute Gasteiger partial charge is 0.417 e. The van der Waals surface area contributed by atoms with Crippen molar-refractivity contribution in [2.75, 3.05) is 6.61 Å². The lowest BCUT2D eigenvalue weighted by Gasteiger charge is -2.11. The number of nitrogens with zero attached hydrogens (tertiary/aromatic N) is 1. The number of carbonyl (C=O) groups is 2. The number of carboxylic acids is 1. The Kier molecular flexibility index (Phi) is 4.43. The summed E-state index contributed by atoms with van der Waals surface area (Å²) >= 11 is 0. The lowest BCUT2D eigenvalue weighted by atomic mass is 10.2. The number of nitrogens with one attached hydrogen (secondary N) is 1. The molecule has 6 nitrogen and oxygen atoms in total. The second-order valence-corrected chi connectivity index (χ2v) is 3.48. The summed E-state index contributed by atoms with van der Waals surface area (Å²) in [5.74, 6) is -2.46. The van der Waals surface area contributed by atoms with Gasteiger partial charge in [0, 0.05) is 6.20 Å². The average molecular weight is 278 g/mol. The summed E-state index contributed by atoms with van der Waals surface area (Å²) in [6.45, 7) is -0.846. The van der Waals surface area contributed by atoms with Gasteiger partial charge in [-0.15, -0.1) is 0 Å². The Balaban J connectivity index is 2.81. The minimum Gasteiger partial charge on any atom is -0.480 e. The fourth-order valence-corrected chi connectivity index (χ4v) is 1.11. The number of amides is 1. The Hall–Kier alpha value is -2.16. The van der Waals surface area contributed by atoms with E-state index in [-0.39, 0.29) is 5.69 Å². The summed E-state index contributed by atoms with van der Waals surface area (Å²) in [7, 11) is 0. The van der Waals surface area contributed by atoms with E-state index in [0.717, 1.165) is 6.07 Å². The summed E-state index contributed by atoms with van der Waals surface area (Å²) in [5.41, 5.74) is -1.41. The quantitative estimate of drug-likeness (QED) is 0.734. The van der Waals surface area contributed by atoms with E-state index in [2.05, 4.69) is 4.98 Å². The van der Waals surface area contributed by atoms with Crippen molar-refractivity contribution in [3.05, 3.63) is 29.6 Å². The third-order valence-electron chi connectivity index (χ3n) is 2.11. The zero-order chi connectivity index (χ0) is 14.6. The van der Waals surface area contributed by atoms with Gasteiger partial charge in [-0.2, -0.15) is 13.2 Å². The molecule has 0 aliphatic heterocycles. The number of aliphatic hydroxyl groups is 1. The molecule has 1 unspecified atom stereocenters. The molecule has 1 amide bonds. The molecule has 0 spiro atoms. The molecule has 0 fully saturated rings. The second-order valence-electron chi connectivity index (χ2n) is 3.48. The van der Waals surface area contributed by atoms with E-state index in [0.29, 0.717) is 12.3 Å². The molecule has 0 radical (unpaired) electrons. The number of aliphatic hydroxyl groups excluding tert-OH is 1. The highest BCUT2D eigenvalue weighted by Gasteiger charge is 2.31. The van der Waals surface area contributed by atoms with Gasteiger partial charge >= 0.3 is 12.1 Å². The molecule has 0 saturated heterocycles. The Labute approximate surface area is 104 Å². The van der Waals surface area contributed by atoms with Gasteiger partial charge in [0.05, 0.1) is 12.2 Å². The van der Waals surface area contributed by atoms with E-state index < -0.39 is 36.3 Å². The maximum Gasteiger partial charge on any atom is 0.417 e. The Bertz CT molecular complexity index is 473. The predicted molar refractivity (Wildman–Crippen MR) is 55.2 cm³/mol. The fraction of sp³-hybridized carbons (Fsp3) is 0.300. The molecule has 0 bridgehead atoms. The van der Waals surface area contributed by atoms with Crippen LogP contribution in [0, 0.1) is 0 Å². The van der Waals surface area contributed by atoms with Crippen molar-refractivity contribution in [2.45, 2.75) is 12.2 Å². The zero-order valence-corrected chi connectivity index (χ0v) is 9.31. The molecule has 3 N–H and O–H groups in total. The van der Waals surface area contributed by atoms with E-state index in [1.54, 1.807) is 0 Å². The first-order valence-corrected chi connectivity index (χ1v) is 4.93. The van der Waals surface area contributed by atoms with Crippen LogP contribution in [0.3, 0.4) is 0 Å². The maximum atomic E-state index is 12.2. The number of alkyl halides is 3. The third-order valence-corrected chi connectivity index (χ3v) is 2.11. The number of carboxylic acid groups (broad SMARTS) is 1. The number of carbonyl (C=O) groups excluding carboxylic acids is 1. The molecule has 19 heavy (non-hydrogen) atoms. The molecule has 104 valence electrons. The number of aromatic nitrogens is 1. The minimum absolute atomic E-state index is 0.382. The van der Waals surface area contributed by atoms with Gasteiger partial charge in [0.2, 0.25) is 0 Å². The highest BCUT2D eigenvalue weighted by molar-refractivity contribution is 5.94. The molecule has 9 heteroatoms. The van der Waals surface area contributed by atoms with Crippen LogP contribution in [0.25, 0.3) is 0 Å². The highest BCUT2D eigenvalue weighted by Crippen LogP contribution is 2.28. The van der Waals surface area contributed by atoms with Crippen LogP contribution in [-0.2, 0) is 11.0 Å². The largest absolute Gasteiger partial charge is 0.480 e. The molecule has 0 aliphatic carbocycles. The van der Waals surface area contributed by atoms with Crippen molar-refractivity contribution >= 4 is 11.9 Å². The van der Waals surface area contributed by atoms with Crippen molar-refractivity contribution in [3.63, 3.8) is 0 Å². The summed E-state index contributed by atoms with van der Waals surface area (Å²) in [6.07, 6.45) is -4.11. The van der Waals surface area contributed by atoms with Gasteiger partial charge in [-0.3, -0.25) is 9.78 Å². The van der Waals surface area contributed by atoms with Gasteiger partial charge in [-0.1, -0.05) is 0 Å². The van der Waals surface area contributed by atoms with Crippen LogP contribution in [0.15, 0.2) is 18.3 Å². The average Bonchev–Trinajstić information content (AvgIpc) is 2.34. The van der Waals surface area contributed by atoms with Crippen LogP contribution >= 0.6 is 0 Å². The molecule has 1 aromatic rings. The normalized spacial score (nSPS) is 12.8. The topological polar surface area (TPSA) is 99.5 Å². The monoisotopic (exact) mass is 278 g/mol. The van der Waals surface area contributed by atoms with E-state index in [9.17, 15) is 22.8 Å². The van der Waals surface area contributed by atoms with Crippen molar-refractivity contribution in [2.24, 2.45) is 0 Å². The van der Waals surface area contributed by atoms with Crippen molar-refractivity contribution in [3.8, 4) is 0 Å². The van der Waals surface area contributed by atoms with Gasteiger partial charge in [0.15, 0.2) is 6.04 Å². The molecule has 1 aromatic heterocycles. The van der Waals surface area contributed by atoms with Gasteiger partial charge < -0.3 is 15.5 Å². The van der Waals surface area contributed by atoms with Gasteiger partial charge in [0.25, 0.3) is 5.91 Å². The van der Waals surface area contributed by atoms with E-state index in [1.165, 1.54) is 0 Å².